The van der Waals surface area contributed by atoms with Crippen LogP contribution in [-0.2, 0) is 0 Å². The van der Waals surface area contributed by atoms with E-state index in [2.05, 4.69) is 41.5 Å². The van der Waals surface area contributed by atoms with Crippen molar-refractivity contribution >= 4 is 0 Å². The van der Waals surface area contributed by atoms with Gasteiger partial charge in [-0.1, -0.05) is 60.8 Å². The molecule has 1 N–H and O–H groups in total. The summed E-state index contributed by atoms with van der Waals surface area (Å²) in [6.07, 6.45) is 15.4. The van der Waals surface area contributed by atoms with Crippen LogP contribution in [0.3, 0.4) is 0 Å². The molecule has 1 heteroatoms. The number of aliphatic hydroxyl groups is 1. The van der Waals surface area contributed by atoms with Gasteiger partial charge in [0.2, 0.25) is 0 Å². The highest BCUT2D eigenvalue weighted by molar-refractivity contribution is 5.10. The van der Waals surface area contributed by atoms with E-state index in [0.29, 0.717) is 16.7 Å². The van der Waals surface area contributed by atoms with E-state index in [9.17, 15) is 5.11 Å². The molecule has 0 aromatic carbocycles. The van der Waals surface area contributed by atoms with Crippen molar-refractivity contribution in [3.8, 4) is 0 Å². The lowest BCUT2D eigenvalue weighted by Crippen LogP contribution is -2.56. The highest BCUT2D eigenvalue weighted by Crippen LogP contribution is 2.68. The van der Waals surface area contributed by atoms with Crippen LogP contribution in [0, 0.1) is 58.2 Å². The summed E-state index contributed by atoms with van der Waals surface area (Å²) < 4.78 is 0. The molecule has 0 amide bonds. The molecule has 0 spiro atoms. The first-order chi connectivity index (χ1) is 13.7. The number of hydrogen-bond acceptors (Lipinski definition) is 1. The van der Waals surface area contributed by atoms with Gasteiger partial charge in [-0.25, -0.2) is 0 Å². The molecule has 4 fully saturated rings. The van der Waals surface area contributed by atoms with Gasteiger partial charge in [-0.15, -0.1) is 0 Å². The monoisotopic (exact) mass is 402 g/mol. The van der Waals surface area contributed by atoms with Crippen LogP contribution < -0.4 is 0 Å². The zero-order chi connectivity index (χ0) is 21.0. The largest absolute Gasteiger partial charge is 0.393 e. The SMILES string of the molecule is CC(C)CCCC(C)[C@H]1CCC2C3CC[C@@H]4[C@H](C)[C@@H](O)CC[C@]4(C)C3CC[C@@]21C. The Morgan fingerprint density at radius 1 is 0.793 bits per heavy atom. The minimum absolute atomic E-state index is 0.0407. The Balaban J connectivity index is 1.48. The zero-order valence-electron chi connectivity index (χ0n) is 20.4. The minimum atomic E-state index is -0.0407. The first-order valence-corrected chi connectivity index (χ1v) is 13.4. The van der Waals surface area contributed by atoms with Gasteiger partial charge in [0, 0.05) is 0 Å². The highest BCUT2D eigenvalue weighted by atomic mass is 16.3. The average molecular weight is 403 g/mol. The molecule has 0 radical (unpaired) electrons. The van der Waals surface area contributed by atoms with Gasteiger partial charge < -0.3 is 5.11 Å². The van der Waals surface area contributed by atoms with Crippen LogP contribution >= 0.6 is 0 Å². The van der Waals surface area contributed by atoms with Crippen molar-refractivity contribution in [1.82, 2.24) is 0 Å². The van der Waals surface area contributed by atoms with Crippen molar-refractivity contribution in [2.24, 2.45) is 58.2 Å². The van der Waals surface area contributed by atoms with E-state index in [-0.39, 0.29) is 6.10 Å². The Morgan fingerprint density at radius 3 is 2.17 bits per heavy atom. The molecule has 4 aliphatic rings. The van der Waals surface area contributed by atoms with E-state index in [4.69, 9.17) is 0 Å². The number of rotatable bonds is 5. The molecule has 0 bridgehead atoms. The van der Waals surface area contributed by atoms with Crippen LogP contribution in [0.1, 0.15) is 112 Å². The van der Waals surface area contributed by atoms with Crippen molar-refractivity contribution in [3.63, 3.8) is 0 Å². The van der Waals surface area contributed by atoms with Crippen molar-refractivity contribution in [3.05, 3.63) is 0 Å². The van der Waals surface area contributed by atoms with Crippen molar-refractivity contribution < 1.29 is 5.11 Å². The lowest BCUT2D eigenvalue weighted by molar-refractivity contribution is -0.149. The van der Waals surface area contributed by atoms with E-state index in [1.54, 1.807) is 0 Å². The third-order valence-corrected chi connectivity index (χ3v) is 11.4. The third-order valence-electron chi connectivity index (χ3n) is 11.4. The summed E-state index contributed by atoms with van der Waals surface area (Å²) in [4.78, 5) is 0. The molecule has 0 aromatic rings. The van der Waals surface area contributed by atoms with Crippen molar-refractivity contribution in [1.29, 1.82) is 0 Å². The maximum absolute atomic E-state index is 10.5. The molecule has 10 atom stereocenters. The molecular formula is C28H50O. The van der Waals surface area contributed by atoms with Gasteiger partial charge in [0.25, 0.3) is 0 Å². The van der Waals surface area contributed by atoms with E-state index in [1.165, 1.54) is 64.2 Å². The van der Waals surface area contributed by atoms with Crippen molar-refractivity contribution in [2.75, 3.05) is 0 Å². The molecule has 29 heavy (non-hydrogen) atoms. The number of aliphatic hydroxyl groups excluding tert-OH is 1. The predicted molar refractivity (Wildman–Crippen MR) is 124 cm³/mol. The lowest BCUT2D eigenvalue weighted by Gasteiger charge is -2.62. The van der Waals surface area contributed by atoms with Gasteiger partial charge in [-0.05, 0) is 110 Å². The summed E-state index contributed by atoms with van der Waals surface area (Å²) in [6.45, 7) is 15.0. The normalized spacial score (nSPS) is 50.7. The topological polar surface area (TPSA) is 20.2 Å². The van der Waals surface area contributed by atoms with E-state index < -0.39 is 0 Å². The predicted octanol–water partition coefficient (Wildman–Crippen LogP) is 7.71. The maximum atomic E-state index is 10.5. The van der Waals surface area contributed by atoms with E-state index >= 15 is 0 Å². The number of hydrogen-bond donors (Lipinski definition) is 1. The Hall–Kier alpha value is -0.0400. The first-order valence-electron chi connectivity index (χ1n) is 13.4. The van der Waals surface area contributed by atoms with Gasteiger partial charge in [0.15, 0.2) is 0 Å². The minimum Gasteiger partial charge on any atom is -0.393 e. The fraction of sp³-hybridized carbons (Fsp3) is 1.00. The molecular weight excluding hydrogens is 352 g/mol. The van der Waals surface area contributed by atoms with Crippen LogP contribution in [0.5, 0.6) is 0 Å². The van der Waals surface area contributed by atoms with Gasteiger partial charge in [-0.3, -0.25) is 0 Å². The molecule has 168 valence electrons. The molecule has 4 aliphatic carbocycles. The second-order valence-electron chi connectivity index (χ2n) is 13.1. The smallest absolute Gasteiger partial charge is 0.0568 e. The van der Waals surface area contributed by atoms with Crippen LogP contribution in [0.4, 0.5) is 0 Å². The Morgan fingerprint density at radius 2 is 1.45 bits per heavy atom. The summed E-state index contributed by atoms with van der Waals surface area (Å²) in [5.74, 6) is 6.92. The van der Waals surface area contributed by atoms with Crippen LogP contribution in [0.2, 0.25) is 0 Å². The number of fused-ring (bicyclic) bond motifs is 5. The average Bonchev–Trinajstić information content (AvgIpc) is 3.02. The summed E-state index contributed by atoms with van der Waals surface area (Å²) in [5.41, 5.74) is 1.12. The van der Waals surface area contributed by atoms with Gasteiger partial charge in [0.05, 0.1) is 6.10 Å². The summed E-state index contributed by atoms with van der Waals surface area (Å²) in [7, 11) is 0. The second kappa shape index (κ2) is 8.14. The molecule has 4 saturated carbocycles. The van der Waals surface area contributed by atoms with Crippen molar-refractivity contribution in [2.45, 2.75) is 118 Å². The molecule has 4 rings (SSSR count). The van der Waals surface area contributed by atoms with Gasteiger partial charge in [-0.2, -0.15) is 0 Å². The first kappa shape index (κ1) is 22.2. The quantitative estimate of drug-likeness (QED) is 0.499. The maximum Gasteiger partial charge on any atom is 0.0568 e. The Kier molecular flexibility index (Phi) is 6.22. The Bertz CT molecular complexity index is 569. The van der Waals surface area contributed by atoms with E-state index in [1.807, 2.05) is 0 Å². The molecule has 0 heterocycles. The van der Waals surface area contributed by atoms with Gasteiger partial charge in [0.1, 0.15) is 0 Å². The molecule has 0 aromatic heterocycles. The van der Waals surface area contributed by atoms with Crippen LogP contribution in [0.25, 0.3) is 0 Å². The summed E-state index contributed by atoms with van der Waals surface area (Å²) in [6, 6.07) is 0. The standard InChI is InChI=1S/C28H50O/c1-18(2)8-7-9-19(3)22-12-13-24-21-10-11-23-20(4)26(29)15-17-28(23,6)25(21)14-16-27(22,24)5/h18-26,29H,7-17H2,1-6H3/t19?,20-,21?,22+,23+,24?,25?,26-,27+,28-/m0/s1. The summed E-state index contributed by atoms with van der Waals surface area (Å²) in [5, 5.41) is 10.5. The highest BCUT2D eigenvalue weighted by Gasteiger charge is 2.61. The zero-order valence-corrected chi connectivity index (χ0v) is 20.4. The van der Waals surface area contributed by atoms with Crippen LogP contribution in [-0.4, -0.2) is 11.2 Å². The molecule has 0 saturated heterocycles. The van der Waals surface area contributed by atoms with Crippen LogP contribution in [0.15, 0.2) is 0 Å². The third kappa shape index (κ3) is 3.64. The fourth-order valence-electron chi connectivity index (χ4n) is 9.73. The second-order valence-corrected chi connectivity index (χ2v) is 13.1. The lowest BCUT2D eigenvalue weighted by atomic mass is 9.43. The Labute approximate surface area is 181 Å². The van der Waals surface area contributed by atoms with Gasteiger partial charge >= 0.3 is 0 Å². The molecule has 0 aliphatic heterocycles. The fourth-order valence-corrected chi connectivity index (χ4v) is 9.73. The molecule has 1 nitrogen and oxygen atoms in total. The molecule has 4 unspecified atom stereocenters. The summed E-state index contributed by atoms with van der Waals surface area (Å²) >= 11 is 0. The van der Waals surface area contributed by atoms with E-state index in [0.717, 1.165) is 47.8 Å².